The fraction of sp³-hybridized carbons (Fsp3) is 0.143. The van der Waals surface area contributed by atoms with Crippen molar-refractivity contribution in [2.45, 2.75) is 6.42 Å². The van der Waals surface area contributed by atoms with E-state index in [2.05, 4.69) is 30.6 Å². The SMILES string of the molecule is COC(=O)Cc1ccc2[nH]c3cc(Br)cnc3c2c1. The molecule has 19 heavy (non-hydrogen) atoms. The Labute approximate surface area is 117 Å². The molecule has 5 heteroatoms. The van der Waals surface area contributed by atoms with Gasteiger partial charge in [-0.3, -0.25) is 9.78 Å². The van der Waals surface area contributed by atoms with Crippen LogP contribution in [0.2, 0.25) is 0 Å². The molecule has 2 heterocycles. The second-order valence-electron chi connectivity index (χ2n) is 4.31. The third-order valence-corrected chi connectivity index (χ3v) is 3.47. The number of esters is 1. The summed E-state index contributed by atoms with van der Waals surface area (Å²) in [4.78, 5) is 19.0. The standard InChI is InChI=1S/C14H11BrN2O2/c1-19-13(18)5-8-2-3-11-10(4-8)14-12(17-11)6-9(15)7-16-14/h2-4,6-7,17H,5H2,1H3. The van der Waals surface area contributed by atoms with Gasteiger partial charge in [0.05, 0.1) is 24.6 Å². The summed E-state index contributed by atoms with van der Waals surface area (Å²) in [6, 6.07) is 7.85. The van der Waals surface area contributed by atoms with Gasteiger partial charge in [-0.2, -0.15) is 0 Å². The summed E-state index contributed by atoms with van der Waals surface area (Å²) in [5, 5.41) is 1.02. The number of nitrogens with one attached hydrogen (secondary N) is 1. The van der Waals surface area contributed by atoms with Crippen LogP contribution in [-0.2, 0) is 16.0 Å². The molecule has 0 spiro atoms. The van der Waals surface area contributed by atoms with Crippen LogP contribution in [-0.4, -0.2) is 23.0 Å². The highest BCUT2D eigenvalue weighted by Crippen LogP contribution is 2.26. The van der Waals surface area contributed by atoms with Crippen LogP contribution in [0.5, 0.6) is 0 Å². The van der Waals surface area contributed by atoms with E-state index in [1.165, 1.54) is 7.11 Å². The number of halogens is 1. The molecule has 0 amide bonds. The van der Waals surface area contributed by atoms with E-state index in [1.807, 2.05) is 24.3 Å². The van der Waals surface area contributed by atoms with Gasteiger partial charge in [-0.15, -0.1) is 0 Å². The summed E-state index contributed by atoms with van der Waals surface area (Å²) in [6.07, 6.45) is 2.04. The van der Waals surface area contributed by atoms with Gasteiger partial charge in [0.2, 0.25) is 0 Å². The zero-order chi connectivity index (χ0) is 13.4. The minimum atomic E-state index is -0.241. The maximum absolute atomic E-state index is 11.3. The van der Waals surface area contributed by atoms with E-state index >= 15 is 0 Å². The topological polar surface area (TPSA) is 55.0 Å². The van der Waals surface area contributed by atoms with Crippen molar-refractivity contribution in [2.75, 3.05) is 7.11 Å². The van der Waals surface area contributed by atoms with Crippen molar-refractivity contribution >= 4 is 43.8 Å². The molecular weight excluding hydrogens is 308 g/mol. The molecule has 0 aliphatic heterocycles. The number of ether oxygens (including phenoxy) is 1. The number of rotatable bonds is 2. The highest BCUT2D eigenvalue weighted by Gasteiger charge is 2.09. The molecule has 1 aromatic carbocycles. The van der Waals surface area contributed by atoms with Crippen molar-refractivity contribution in [1.82, 2.24) is 9.97 Å². The number of aromatic amines is 1. The minimum absolute atomic E-state index is 0.241. The predicted molar refractivity (Wildman–Crippen MR) is 77.0 cm³/mol. The summed E-state index contributed by atoms with van der Waals surface area (Å²) in [5.74, 6) is -0.241. The van der Waals surface area contributed by atoms with Crippen LogP contribution in [0.3, 0.4) is 0 Å². The molecule has 1 N–H and O–H groups in total. The first-order valence-electron chi connectivity index (χ1n) is 5.80. The van der Waals surface area contributed by atoms with Crippen LogP contribution in [0.15, 0.2) is 34.9 Å². The Morgan fingerprint density at radius 3 is 3.00 bits per heavy atom. The van der Waals surface area contributed by atoms with Gasteiger partial charge in [0, 0.05) is 21.6 Å². The summed E-state index contributed by atoms with van der Waals surface area (Å²) in [7, 11) is 1.39. The molecule has 0 aliphatic carbocycles. The predicted octanol–water partition coefficient (Wildman–Crippen LogP) is 3.19. The maximum atomic E-state index is 11.3. The Morgan fingerprint density at radius 1 is 1.37 bits per heavy atom. The third-order valence-electron chi connectivity index (χ3n) is 3.04. The molecular formula is C14H11BrN2O2. The van der Waals surface area contributed by atoms with Crippen LogP contribution in [0.1, 0.15) is 5.56 Å². The number of pyridine rings is 1. The largest absolute Gasteiger partial charge is 0.469 e. The first-order valence-corrected chi connectivity index (χ1v) is 6.59. The Hall–Kier alpha value is -1.88. The Bertz CT molecular complexity index is 780. The molecule has 0 saturated carbocycles. The molecule has 3 aromatic rings. The van der Waals surface area contributed by atoms with Gasteiger partial charge in [-0.25, -0.2) is 0 Å². The molecule has 0 bridgehead atoms. The summed E-state index contributed by atoms with van der Waals surface area (Å²) in [5.41, 5.74) is 3.81. The lowest BCUT2D eigenvalue weighted by Crippen LogP contribution is -2.04. The number of nitrogens with zero attached hydrogens (tertiary/aromatic N) is 1. The van der Waals surface area contributed by atoms with Gasteiger partial charge in [0.15, 0.2) is 0 Å². The van der Waals surface area contributed by atoms with Gasteiger partial charge in [0.1, 0.15) is 0 Å². The number of hydrogen-bond donors (Lipinski definition) is 1. The minimum Gasteiger partial charge on any atom is -0.469 e. The fourth-order valence-electron chi connectivity index (χ4n) is 2.14. The molecule has 3 rings (SSSR count). The van der Waals surface area contributed by atoms with Gasteiger partial charge >= 0.3 is 5.97 Å². The van der Waals surface area contributed by atoms with E-state index in [0.29, 0.717) is 0 Å². The van der Waals surface area contributed by atoms with E-state index in [9.17, 15) is 4.79 Å². The molecule has 96 valence electrons. The average molecular weight is 319 g/mol. The second-order valence-corrected chi connectivity index (χ2v) is 5.22. The lowest BCUT2D eigenvalue weighted by Gasteiger charge is -2.00. The quantitative estimate of drug-likeness (QED) is 0.738. The van der Waals surface area contributed by atoms with Crippen LogP contribution in [0, 0.1) is 0 Å². The molecule has 0 radical (unpaired) electrons. The number of fused-ring (bicyclic) bond motifs is 3. The molecule has 0 fully saturated rings. The van der Waals surface area contributed by atoms with Gasteiger partial charge in [0.25, 0.3) is 0 Å². The van der Waals surface area contributed by atoms with Crippen molar-refractivity contribution in [3.63, 3.8) is 0 Å². The molecule has 4 nitrogen and oxygen atoms in total. The molecule has 2 aromatic heterocycles. The zero-order valence-corrected chi connectivity index (χ0v) is 11.8. The highest BCUT2D eigenvalue weighted by atomic mass is 79.9. The van der Waals surface area contributed by atoms with Crippen LogP contribution >= 0.6 is 15.9 Å². The number of H-pyrrole nitrogens is 1. The second kappa shape index (κ2) is 4.66. The first-order chi connectivity index (χ1) is 9.17. The van der Waals surface area contributed by atoms with E-state index in [1.54, 1.807) is 6.20 Å². The molecule has 0 aliphatic rings. The molecule has 0 unspecified atom stereocenters. The lowest BCUT2D eigenvalue weighted by molar-refractivity contribution is -0.139. The van der Waals surface area contributed by atoms with Crippen LogP contribution in [0.25, 0.3) is 21.9 Å². The Morgan fingerprint density at radius 2 is 2.21 bits per heavy atom. The van der Waals surface area contributed by atoms with Gasteiger partial charge < -0.3 is 9.72 Å². The highest BCUT2D eigenvalue weighted by molar-refractivity contribution is 9.10. The van der Waals surface area contributed by atoms with E-state index in [0.717, 1.165) is 32.0 Å². The van der Waals surface area contributed by atoms with Crippen molar-refractivity contribution in [3.05, 3.63) is 40.5 Å². The number of carbonyl (C=O) groups is 1. The third kappa shape index (κ3) is 2.21. The smallest absolute Gasteiger partial charge is 0.309 e. The fourth-order valence-corrected chi connectivity index (χ4v) is 2.47. The van der Waals surface area contributed by atoms with Crippen molar-refractivity contribution in [3.8, 4) is 0 Å². The maximum Gasteiger partial charge on any atom is 0.309 e. The summed E-state index contributed by atoms with van der Waals surface area (Å²) < 4.78 is 5.61. The first kappa shape index (κ1) is 12.2. The van der Waals surface area contributed by atoms with Crippen molar-refractivity contribution < 1.29 is 9.53 Å². The van der Waals surface area contributed by atoms with Gasteiger partial charge in [-0.1, -0.05) is 6.07 Å². The molecule has 0 atom stereocenters. The number of methoxy groups -OCH3 is 1. The number of carbonyl (C=O) groups excluding carboxylic acids is 1. The number of hydrogen-bond acceptors (Lipinski definition) is 3. The number of benzene rings is 1. The van der Waals surface area contributed by atoms with Crippen LogP contribution < -0.4 is 0 Å². The van der Waals surface area contributed by atoms with Crippen molar-refractivity contribution in [1.29, 1.82) is 0 Å². The van der Waals surface area contributed by atoms with Crippen molar-refractivity contribution in [2.24, 2.45) is 0 Å². The summed E-state index contributed by atoms with van der Waals surface area (Å²) in [6.45, 7) is 0. The average Bonchev–Trinajstić information content (AvgIpc) is 2.75. The lowest BCUT2D eigenvalue weighted by atomic mass is 10.1. The Kier molecular flexibility index (Phi) is 2.98. The Balaban J connectivity index is 2.16. The van der Waals surface area contributed by atoms with Crippen LogP contribution in [0.4, 0.5) is 0 Å². The van der Waals surface area contributed by atoms with Gasteiger partial charge in [-0.05, 0) is 39.7 Å². The monoisotopic (exact) mass is 318 g/mol. The molecule has 0 saturated heterocycles. The van der Waals surface area contributed by atoms with E-state index < -0.39 is 0 Å². The normalized spacial score (nSPS) is 11.1. The number of aromatic nitrogens is 2. The van der Waals surface area contributed by atoms with E-state index in [4.69, 9.17) is 0 Å². The van der Waals surface area contributed by atoms with E-state index in [-0.39, 0.29) is 12.4 Å². The summed E-state index contributed by atoms with van der Waals surface area (Å²) >= 11 is 3.40. The zero-order valence-electron chi connectivity index (χ0n) is 10.2.